The van der Waals surface area contributed by atoms with E-state index in [1.54, 1.807) is 6.07 Å². The summed E-state index contributed by atoms with van der Waals surface area (Å²) in [5, 5.41) is 13.8. The smallest absolute Gasteiger partial charge is 0.221 e. The molecule has 0 spiro atoms. The number of nitrogens with one attached hydrogen (secondary N) is 2. The Hall–Kier alpha value is -2.16. The van der Waals surface area contributed by atoms with Crippen LogP contribution < -0.4 is 10.6 Å². The summed E-state index contributed by atoms with van der Waals surface area (Å²) in [4.78, 5) is 11.4. The molecule has 0 radical (unpaired) electrons. The predicted molar refractivity (Wildman–Crippen MR) is 72.0 cm³/mol. The molecule has 6 heteroatoms. The van der Waals surface area contributed by atoms with Gasteiger partial charge in [0.2, 0.25) is 5.91 Å². The first-order valence-corrected chi connectivity index (χ1v) is 6.33. The van der Waals surface area contributed by atoms with E-state index in [0.717, 1.165) is 12.1 Å². The van der Waals surface area contributed by atoms with Crippen LogP contribution in [0, 0.1) is 28.9 Å². The number of carbonyl (C=O) groups excluding carboxylic acids is 1. The Morgan fingerprint density at radius 1 is 1.35 bits per heavy atom. The first-order chi connectivity index (χ1) is 9.43. The van der Waals surface area contributed by atoms with E-state index in [0.29, 0.717) is 12.5 Å². The Kier molecular flexibility index (Phi) is 5.91. The molecule has 0 aliphatic rings. The second kappa shape index (κ2) is 7.43. The van der Waals surface area contributed by atoms with Crippen LogP contribution in [0.25, 0.3) is 0 Å². The van der Waals surface area contributed by atoms with Crippen molar-refractivity contribution in [3.63, 3.8) is 0 Å². The molecule has 1 rings (SSSR count). The van der Waals surface area contributed by atoms with Gasteiger partial charge in [0.05, 0.1) is 11.6 Å². The molecule has 2 N–H and O–H groups in total. The number of anilines is 1. The fourth-order valence-electron chi connectivity index (χ4n) is 1.51. The minimum Gasteiger partial charge on any atom is -0.380 e. The maximum absolute atomic E-state index is 13.5. The second-order valence-corrected chi connectivity index (χ2v) is 4.80. The normalized spacial score (nSPS) is 10.2. The Balaban J connectivity index is 2.51. The van der Waals surface area contributed by atoms with Crippen LogP contribution in [0.4, 0.5) is 14.5 Å². The lowest BCUT2D eigenvalue weighted by Gasteiger charge is -2.10. The molecule has 0 unspecified atom stereocenters. The van der Waals surface area contributed by atoms with Crippen molar-refractivity contribution in [1.82, 2.24) is 5.32 Å². The van der Waals surface area contributed by atoms with Crippen LogP contribution in [-0.4, -0.2) is 19.0 Å². The number of rotatable bonds is 6. The zero-order valence-electron chi connectivity index (χ0n) is 11.5. The molecule has 0 heterocycles. The van der Waals surface area contributed by atoms with Gasteiger partial charge in [-0.25, -0.2) is 8.78 Å². The molecular weight excluding hydrogens is 264 g/mol. The van der Waals surface area contributed by atoms with Crippen molar-refractivity contribution >= 4 is 11.6 Å². The van der Waals surface area contributed by atoms with Gasteiger partial charge in [0, 0.05) is 19.5 Å². The van der Waals surface area contributed by atoms with E-state index in [2.05, 4.69) is 10.6 Å². The van der Waals surface area contributed by atoms with Gasteiger partial charge in [0.25, 0.3) is 0 Å². The van der Waals surface area contributed by atoms with Gasteiger partial charge in [-0.3, -0.25) is 4.79 Å². The molecule has 0 aliphatic heterocycles. The predicted octanol–water partition coefficient (Wildman–Crippen LogP) is 2.41. The molecule has 1 aromatic rings. The van der Waals surface area contributed by atoms with Gasteiger partial charge in [-0.15, -0.1) is 0 Å². The molecule has 0 saturated heterocycles. The highest BCUT2D eigenvalue weighted by Crippen LogP contribution is 2.20. The third-order valence-electron chi connectivity index (χ3n) is 2.53. The van der Waals surface area contributed by atoms with E-state index in [1.807, 2.05) is 13.8 Å². The van der Waals surface area contributed by atoms with E-state index in [9.17, 15) is 13.6 Å². The van der Waals surface area contributed by atoms with Crippen LogP contribution in [0.1, 0.15) is 25.8 Å². The lowest BCUT2D eigenvalue weighted by atomic mass is 10.2. The summed E-state index contributed by atoms with van der Waals surface area (Å²) in [6, 6.07) is 3.56. The van der Waals surface area contributed by atoms with E-state index < -0.39 is 11.6 Å². The maximum Gasteiger partial charge on any atom is 0.221 e. The zero-order chi connectivity index (χ0) is 15.1. The minimum absolute atomic E-state index is 0.0831. The Morgan fingerprint density at radius 2 is 1.95 bits per heavy atom. The maximum atomic E-state index is 13.5. The van der Waals surface area contributed by atoms with Gasteiger partial charge < -0.3 is 10.6 Å². The van der Waals surface area contributed by atoms with Crippen molar-refractivity contribution in [2.24, 2.45) is 5.92 Å². The monoisotopic (exact) mass is 281 g/mol. The molecule has 0 aliphatic carbocycles. The van der Waals surface area contributed by atoms with Gasteiger partial charge >= 0.3 is 0 Å². The number of nitrogens with zero attached hydrogens (tertiary/aromatic N) is 1. The van der Waals surface area contributed by atoms with Crippen LogP contribution >= 0.6 is 0 Å². The molecule has 0 atom stereocenters. The fraction of sp³-hybridized carbons (Fsp3) is 0.429. The summed E-state index contributed by atoms with van der Waals surface area (Å²) in [7, 11) is 0. The summed E-state index contributed by atoms with van der Waals surface area (Å²) >= 11 is 0. The molecule has 0 fully saturated rings. The SMILES string of the molecule is CC(C)CNC(=O)CCNc1c(F)cc(C#N)cc1F. The Labute approximate surface area is 116 Å². The number of carbonyl (C=O) groups is 1. The van der Waals surface area contributed by atoms with Gasteiger partial charge in [-0.1, -0.05) is 13.8 Å². The summed E-state index contributed by atoms with van der Waals surface area (Å²) < 4.78 is 27.0. The molecule has 108 valence electrons. The fourth-order valence-corrected chi connectivity index (χ4v) is 1.51. The molecule has 0 saturated carbocycles. The van der Waals surface area contributed by atoms with E-state index in [-0.39, 0.29) is 30.1 Å². The largest absolute Gasteiger partial charge is 0.380 e. The Morgan fingerprint density at radius 3 is 2.45 bits per heavy atom. The van der Waals surface area contributed by atoms with Crippen molar-refractivity contribution in [2.45, 2.75) is 20.3 Å². The van der Waals surface area contributed by atoms with Crippen LogP contribution in [0.3, 0.4) is 0 Å². The van der Waals surface area contributed by atoms with E-state index in [4.69, 9.17) is 5.26 Å². The van der Waals surface area contributed by atoms with E-state index >= 15 is 0 Å². The van der Waals surface area contributed by atoms with Gasteiger partial charge in [0.15, 0.2) is 11.6 Å². The highest BCUT2D eigenvalue weighted by molar-refractivity contribution is 5.76. The number of hydrogen-bond donors (Lipinski definition) is 2. The first-order valence-electron chi connectivity index (χ1n) is 6.33. The van der Waals surface area contributed by atoms with Gasteiger partial charge in [-0.2, -0.15) is 5.26 Å². The molecule has 1 amide bonds. The molecule has 0 bridgehead atoms. The molecule has 4 nitrogen and oxygen atoms in total. The summed E-state index contributed by atoms with van der Waals surface area (Å²) in [5.41, 5.74) is -0.402. The summed E-state index contributed by atoms with van der Waals surface area (Å²) in [5.74, 6) is -1.52. The third kappa shape index (κ3) is 4.84. The first kappa shape index (κ1) is 15.9. The van der Waals surface area contributed by atoms with Crippen molar-refractivity contribution in [3.05, 3.63) is 29.3 Å². The minimum atomic E-state index is -0.843. The Bertz CT molecular complexity index is 501. The van der Waals surface area contributed by atoms with Crippen LogP contribution in [0.15, 0.2) is 12.1 Å². The average molecular weight is 281 g/mol. The molecule has 0 aromatic heterocycles. The summed E-state index contributed by atoms with van der Waals surface area (Å²) in [6.45, 7) is 4.63. The van der Waals surface area contributed by atoms with Crippen molar-refractivity contribution in [3.8, 4) is 6.07 Å². The van der Waals surface area contributed by atoms with Crippen molar-refractivity contribution < 1.29 is 13.6 Å². The number of hydrogen-bond acceptors (Lipinski definition) is 3. The third-order valence-corrected chi connectivity index (χ3v) is 2.53. The number of nitriles is 1. The lowest BCUT2D eigenvalue weighted by molar-refractivity contribution is -0.120. The molecule has 20 heavy (non-hydrogen) atoms. The summed E-state index contributed by atoms with van der Waals surface area (Å²) in [6.07, 6.45) is 0.117. The van der Waals surface area contributed by atoms with Crippen LogP contribution in [0.5, 0.6) is 0 Å². The zero-order valence-corrected chi connectivity index (χ0v) is 11.5. The van der Waals surface area contributed by atoms with E-state index in [1.165, 1.54) is 0 Å². The lowest BCUT2D eigenvalue weighted by Crippen LogP contribution is -2.28. The van der Waals surface area contributed by atoms with Crippen LogP contribution in [0.2, 0.25) is 0 Å². The molecule has 1 aromatic carbocycles. The molecular formula is C14H17F2N3O. The van der Waals surface area contributed by atoms with Crippen molar-refractivity contribution in [2.75, 3.05) is 18.4 Å². The highest BCUT2D eigenvalue weighted by Gasteiger charge is 2.11. The van der Waals surface area contributed by atoms with Gasteiger partial charge in [0.1, 0.15) is 5.69 Å². The number of halogens is 2. The average Bonchev–Trinajstić information content (AvgIpc) is 2.39. The van der Waals surface area contributed by atoms with Crippen LogP contribution in [-0.2, 0) is 4.79 Å². The topological polar surface area (TPSA) is 64.9 Å². The second-order valence-electron chi connectivity index (χ2n) is 4.80. The quantitative estimate of drug-likeness (QED) is 0.841. The number of amides is 1. The standard InChI is InChI=1S/C14H17F2N3O/c1-9(2)8-19-13(20)3-4-18-14-11(15)5-10(7-17)6-12(14)16/h5-6,9,18H,3-4,8H2,1-2H3,(H,19,20). The van der Waals surface area contributed by atoms with Crippen molar-refractivity contribution in [1.29, 1.82) is 5.26 Å². The highest BCUT2D eigenvalue weighted by atomic mass is 19.1. The van der Waals surface area contributed by atoms with Gasteiger partial charge in [-0.05, 0) is 18.1 Å². The number of benzene rings is 1.